The largest absolute Gasteiger partial charge is 0.496 e. The molecule has 0 spiro atoms. The second-order valence-corrected chi connectivity index (χ2v) is 13.9. The Morgan fingerprint density at radius 3 is 1.64 bits per heavy atom. The van der Waals surface area contributed by atoms with Crippen molar-refractivity contribution in [2.24, 2.45) is 5.73 Å². The molecule has 240 valence electrons. The van der Waals surface area contributed by atoms with Crippen LogP contribution in [0.2, 0.25) is 10.0 Å². The first kappa shape index (κ1) is 39.1. The molecule has 4 aromatic carbocycles. The summed E-state index contributed by atoms with van der Waals surface area (Å²) >= 11 is 26.3. The number of hydrogen-bond acceptors (Lipinski definition) is 5. The van der Waals surface area contributed by atoms with Crippen molar-refractivity contribution in [1.82, 2.24) is 0 Å². The van der Waals surface area contributed by atoms with Crippen molar-refractivity contribution in [3.05, 3.63) is 125 Å². The Hall–Kier alpha value is -2.07. The van der Waals surface area contributed by atoms with E-state index in [0.717, 1.165) is 90.3 Å². The molecule has 45 heavy (non-hydrogen) atoms. The van der Waals surface area contributed by atoms with Crippen LogP contribution in [0.3, 0.4) is 0 Å². The van der Waals surface area contributed by atoms with Crippen LogP contribution in [0.1, 0.15) is 47.7 Å². The molecule has 0 radical (unpaired) electrons. The molecule has 0 saturated heterocycles. The molecular formula is C35H38Br2Cl2N2O2S2. The van der Waals surface area contributed by atoms with Gasteiger partial charge in [-0.3, -0.25) is 5.41 Å². The van der Waals surface area contributed by atoms with Crippen LogP contribution in [0.15, 0.2) is 81.7 Å². The van der Waals surface area contributed by atoms with Crippen LogP contribution in [-0.4, -0.2) is 30.0 Å². The van der Waals surface area contributed by atoms with E-state index in [4.69, 9.17) is 56.0 Å². The van der Waals surface area contributed by atoms with E-state index in [2.05, 4.69) is 50.9 Å². The molecule has 10 heteroatoms. The standard InChI is InChI=1S/C18H19BrClNOS.C16H15BrClNOS.CH4/c1-3-23-18(21)15-5-4-6-16(20)14(15)9-7-12-11-13(19)8-10-17(12)22-2;1-20-15-8-6-11(17)9-10(15)5-7-12-13(16(19)21)3-2-4-14(12)18;/h4-6,8,10-11,21H,3,7,9H2,1-2H3;2-4,6,8-9H,5,7H2,1H3,(H2,19,21);1H4. The number of aryl methyl sites for hydroxylation is 2. The van der Waals surface area contributed by atoms with Gasteiger partial charge in [0, 0.05) is 30.1 Å². The van der Waals surface area contributed by atoms with Gasteiger partial charge in [-0.05, 0) is 102 Å². The van der Waals surface area contributed by atoms with Gasteiger partial charge in [-0.1, -0.05) is 106 Å². The van der Waals surface area contributed by atoms with E-state index in [1.165, 1.54) is 11.8 Å². The van der Waals surface area contributed by atoms with Crippen LogP contribution in [0.4, 0.5) is 0 Å². The van der Waals surface area contributed by atoms with Gasteiger partial charge in [0.15, 0.2) is 0 Å². The Morgan fingerprint density at radius 1 is 0.778 bits per heavy atom. The minimum absolute atomic E-state index is 0. The van der Waals surface area contributed by atoms with Crippen molar-refractivity contribution in [2.75, 3.05) is 20.0 Å². The first-order chi connectivity index (χ1) is 21.1. The molecule has 4 aromatic rings. The molecule has 0 fully saturated rings. The normalized spacial score (nSPS) is 10.3. The van der Waals surface area contributed by atoms with Crippen LogP contribution in [-0.2, 0) is 25.7 Å². The quantitative estimate of drug-likeness (QED) is 0.0897. The van der Waals surface area contributed by atoms with Crippen LogP contribution in [0.5, 0.6) is 11.5 Å². The zero-order chi connectivity index (χ0) is 32.2. The lowest BCUT2D eigenvalue weighted by Crippen LogP contribution is -2.13. The molecular weight excluding hydrogens is 775 g/mol. The summed E-state index contributed by atoms with van der Waals surface area (Å²) in [5, 5.41) is 10.2. The monoisotopic (exact) mass is 810 g/mol. The Labute approximate surface area is 304 Å². The summed E-state index contributed by atoms with van der Waals surface area (Å²) in [4.78, 5) is 0.369. The summed E-state index contributed by atoms with van der Waals surface area (Å²) in [5.41, 5.74) is 11.8. The lowest BCUT2D eigenvalue weighted by molar-refractivity contribution is 0.409. The smallest absolute Gasteiger partial charge is 0.122 e. The fourth-order valence-corrected chi connectivity index (χ4v) is 6.88. The SMILES string of the molecule is C.CCSC(=N)c1cccc(Cl)c1CCc1cc(Br)ccc1OC.COc1ccc(Br)cc1CCc1c(Cl)cccc1C(N)=S. The zero-order valence-corrected chi connectivity index (χ0v) is 31.0. The van der Waals surface area contributed by atoms with Gasteiger partial charge in [0.2, 0.25) is 0 Å². The molecule has 4 rings (SSSR count). The Morgan fingerprint density at radius 2 is 1.22 bits per heavy atom. The molecule has 0 aromatic heterocycles. The minimum atomic E-state index is 0. The second-order valence-electron chi connectivity index (χ2n) is 9.57. The maximum atomic E-state index is 8.23. The molecule has 0 aliphatic heterocycles. The first-order valence-electron chi connectivity index (χ1n) is 13.8. The number of thiocarbonyl (C=S) groups is 1. The van der Waals surface area contributed by atoms with E-state index in [-0.39, 0.29) is 7.43 Å². The van der Waals surface area contributed by atoms with Gasteiger partial charge in [-0.25, -0.2) is 0 Å². The van der Waals surface area contributed by atoms with E-state index in [0.29, 0.717) is 15.1 Å². The summed E-state index contributed by atoms with van der Waals surface area (Å²) in [7, 11) is 3.35. The predicted molar refractivity (Wildman–Crippen MR) is 207 cm³/mol. The lowest BCUT2D eigenvalue weighted by Gasteiger charge is -2.13. The third-order valence-electron chi connectivity index (χ3n) is 6.81. The number of benzene rings is 4. The van der Waals surface area contributed by atoms with E-state index < -0.39 is 0 Å². The van der Waals surface area contributed by atoms with E-state index in [9.17, 15) is 0 Å². The van der Waals surface area contributed by atoms with Crippen molar-refractivity contribution in [1.29, 1.82) is 5.41 Å². The highest BCUT2D eigenvalue weighted by molar-refractivity contribution is 9.10. The van der Waals surface area contributed by atoms with Gasteiger partial charge < -0.3 is 15.2 Å². The summed E-state index contributed by atoms with van der Waals surface area (Å²) in [6, 6.07) is 23.4. The van der Waals surface area contributed by atoms with Crippen LogP contribution in [0, 0.1) is 5.41 Å². The topological polar surface area (TPSA) is 68.3 Å². The lowest BCUT2D eigenvalue weighted by atomic mass is 9.99. The maximum Gasteiger partial charge on any atom is 0.122 e. The highest BCUT2D eigenvalue weighted by Crippen LogP contribution is 2.30. The van der Waals surface area contributed by atoms with E-state index >= 15 is 0 Å². The highest BCUT2D eigenvalue weighted by Gasteiger charge is 2.14. The predicted octanol–water partition coefficient (Wildman–Crippen LogP) is 11.1. The van der Waals surface area contributed by atoms with Gasteiger partial charge in [-0.15, -0.1) is 11.8 Å². The fourth-order valence-electron chi connectivity index (χ4n) is 4.70. The number of rotatable bonds is 11. The van der Waals surface area contributed by atoms with Crippen molar-refractivity contribution < 1.29 is 9.47 Å². The fraction of sp³-hybridized carbons (Fsp3) is 0.257. The maximum absolute atomic E-state index is 8.23. The summed E-state index contributed by atoms with van der Waals surface area (Å²) < 4.78 is 12.9. The van der Waals surface area contributed by atoms with E-state index in [1.807, 2.05) is 60.7 Å². The highest BCUT2D eigenvalue weighted by atomic mass is 79.9. The number of nitrogens with one attached hydrogen (secondary N) is 1. The Bertz CT molecular complexity index is 1620. The van der Waals surface area contributed by atoms with Crippen molar-refractivity contribution in [3.63, 3.8) is 0 Å². The number of methoxy groups -OCH3 is 2. The van der Waals surface area contributed by atoms with Gasteiger partial charge in [-0.2, -0.15) is 0 Å². The molecule has 0 amide bonds. The van der Waals surface area contributed by atoms with Gasteiger partial charge >= 0.3 is 0 Å². The number of halogens is 4. The molecule has 0 saturated carbocycles. The van der Waals surface area contributed by atoms with Gasteiger partial charge in [0.05, 0.1) is 19.3 Å². The average Bonchev–Trinajstić information content (AvgIpc) is 3.00. The number of nitrogens with two attached hydrogens (primary N) is 1. The molecule has 0 heterocycles. The Kier molecular flexibility index (Phi) is 17.0. The number of thioether (sulfide) groups is 1. The molecule has 3 N–H and O–H groups in total. The van der Waals surface area contributed by atoms with Gasteiger partial charge in [0.1, 0.15) is 16.5 Å². The van der Waals surface area contributed by atoms with Crippen molar-refractivity contribution >= 4 is 89.1 Å². The molecule has 0 unspecified atom stereocenters. The Balaban J connectivity index is 0.000000308. The molecule has 0 aliphatic carbocycles. The minimum Gasteiger partial charge on any atom is -0.496 e. The number of ether oxygens (including phenoxy) is 2. The van der Waals surface area contributed by atoms with Gasteiger partial charge in [0.25, 0.3) is 0 Å². The molecule has 0 aliphatic rings. The van der Waals surface area contributed by atoms with E-state index in [1.54, 1.807) is 14.2 Å². The van der Waals surface area contributed by atoms with Crippen LogP contribution >= 0.6 is 79.0 Å². The third kappa shape index (κ3) is 11.3. The third-order valence-corrected chi connectivity index (χ3v) is 9.52. The first-order valence-corrected chi connectivity index (χ1v) is 17.5. The molecule has 4 nitrogen and oxygen atoms in total. The zero-order valence-electron chi connectivity index (χ0n) is 24.7. The molecule has 0 bridgehead atoms. The molecule has 0 atom stereocenters. The second kappa shape index (κ2) is 19.6. The van der Waals surface area contributed by atoms with Crippen molar-refractivity contribution in [2.45, 2.75) is 40.0 Å². The summed E-state index contributed by atoms with van der Waals surface area (Å²) in [6.07, 6.45) is 3.12. The summed E-state index contributed by atoms with van der Waals surface area (Å²) in [5.74, 6) is 2.62. The number of hydrogen-bond donors (Lipinski definition) is 2. The van der Waals surface area contributed by atoms with Crippen LogP contribution in [0.25, 0.3) is 0 Å². The summed E-state index contributed by atoms with van der Waals surface area (Å²) in [6.45, 7) is 2.05. The van der Waals surface area contributed by atoms with Crippen LogP contribution < -0.4 is 15.2 Å². The average molecular weight is 814 g/mol. The van der Waals surface area contributed by atoms with Crippen molar-refractivity contribution in [3.8, 4) is 11.5 Å².